The second-order valence-electron chi connectivity index (χ2n) is 6.68. The zero-order valence-corrected chi connectivity index (χ0v) is 13.2. The summed E-state index contributed by atoms with van der Waals surface area (Å²) in [5.41, 5.74) is 1.88. The van der Waals surface area contributed by atoms with Crippen LogP contribution in [0.15, 0.2) is 18.2 Å². The van der Waals surface area contributed by atoms with Crippen molar-refractivity contribution in [2.75, 3.05) is 12.4 Å². The first kappa shape index (κ1) is 15.1. The number of fused-ring (bicyclic) bond motifs is 2. The van der Waals surface area contributed by atoms with Gasteiger partial charge in [-0.1, -0.05) is 18.6 Å². The number of nitrogens with one attached hydrogen (secondary N) is 1. The molecule has 4 nitrogen and oxygen atoms in total. The van der Waals surface area contributed by atoms with Crippen LogP contribution in [-0.2, 0) is 9.53 Å². The van der Waals surface area contributed by atoms with E-state index in [0.717, 1.165) is 17.4 Å². The van der Waals surface area contributed by atoms with Crippen molar-refractivity contribution in [2.24, 2.45) is 17.8 Å². The van der Waals surface area contributed by atoms with Crippen molar-refractivity contribution < 1.29 is 14.3 Å². The van der Waals surface area contributed by atoms with E-state index >= 15 is 0 Å². The molecule has 3 atom stereocenters. The Morgan fingerprint density at radius 3 is 2.73 bits per heavy atom. The van der Waals surface area contributed by atoms with Crippen molar-refractivity contribution in [1.29, 1.82) is 0 Å². The number of rotatable bonds is 4. The summed E-state index contributed by atoms with van der Waals surface area (Å²) >= 11 is 0. The lowest BCUT2D eigenvalue weighted by Crippen LogP contribution is -2.22. The number of aryl methyl sites for hydroxylation is 1. The molecule has 1 amide bonds. The van der Waals surface area contributed by atoms with Gasteiger partial charge in [-0.05, 0) is 55.6 Å². The van der Waals surface area contributed by atoms with Gasteiger partial charge in [0, 0.05) is 6.42 Å². The number of carbonyl (C=O) groups excluding carboxylic acids is 2. The normalized spacial score (nSPS) is 26.0. The molecule has 2 bridgehead atoms. The van der Waals surface area contributed by atoms with Gasteiger partial charge >= 0.3 is 5.97 Å². The van der Waals surface area contributed by atoms with E-state index in [1.54, 1.807) is 12.1 Å². The lowest BCUT2D eigenvalue weighted by molar-refractivity contribution is -0.117. The molecule has 1 aromatic rings. The quantitative estimate of drug-likeness (QED) is 0.865. The summed E-state index contributed by atoms with van der Waals surface area (Å²) in [5.74, 6) is 1.68. The number of anilines is 1. The fourth-order valence-corrected chi connectivity index (χ4v) is 4.17. The molecule has 22 heavy (non-hydrogen) atoms. The second-order valence-corrected chi connectivity index (χ2v) is 6.68. The summed E-state index contributed by atoms with van der Waals surface area (Å²) in [6.07, 6.45) is 5.68. The largest absolute Gasteiger partial charge is 0.465 e. The van der Waals surface area contributed by atoms with Gasteiger partial charge in [-0.2, -0.15) is 0 Å². The number of amides is 1. The Morgan fingerprint density at radius 2 is 2.09 bits per heavy atom. The van der Waals surface area contributed by atoms with E-state index in [2.05, 4.69) is 5.32 Å². The molecule has 0 heterocycles. The van der Waals surface area contributed by atoms with E-state index in [9.17, 15) is 9.59 Å². The Bertz CT molecular complexity index is 596. The van der Waals surface area contributed by atoms with E-state index in [-0.39, 0.29) is 5.91 Å². The van der Waals surface area contributed by atoms with Crippen LogP contribution < -0.4 is 5.32 Å². The first-order chi connectivity index (χ1) is 10.6. The number of ether oxygens (including phenoxy) is 1. The summed E-state index contributed by atoms with van der Waals surface area (Å²) < 4.78 is 4.80. The van der Waals surface area contributed by atoms with Gasteiger partial charge in [0.15, 0.2) is 0 Å². The number of hydrogen-bond acceptors (Lipinski definition) is 3. The molecule has 2 aliphatic rings. The maximum Gasteiger partial charge on any atom is 0.339 e. The van der Waals surface area contributed by atoms with Gasteiger partial charge in [0.2, 0.25) is 5.91 Å². The van der Waals surface area contributed by atoms with Gasteiger partial charge in [-0.15, -0.1) is 0 Å². The molecule has 0 aliphatic heterocycles. The lowest BCUT2D eigenvalue weighted by atomic mass is 9.86. The van der Waals surface area contributed by atoms with Gasteiger partial charge < -0.3 is 10.1 Å². The molecule has 2 aliphatic carbocycles. The van der Waals surface area contributed by atoms with Crippen LogP contribution in [0.4, 0.5) is 5.69 Å². The zero-order chi connectivity index (χ0) is 15.7. The Morgan fingerprint density at radius 1 is 1.27 bits per heavy atom. The van der Waals surface area contributed by atoms with Gasteiger partial charge in [0.05, 0.1) is 18.4 Å². The Kier molecular flexibility index (Phi) is 4.19. The fraction of sp³-hybridized carbons (Fsp3) is 0.556. The zero-order valence-electron chi connectivity index (χ0n) is 13.2. The Balaban J connectivity index is 1.70. The highest BCUT2D eigenvalue weighted by Gasteiger charge is 2.40. The fourth-order valence-electron chi connectivity index (χ4n) is 4.17. The van der Waals surface area contributed by atoms with Crippen molar-refractivity contribution in [1.82, 2.24) is 0 Å². The van der Waals surface area contributed by atoms with Gasteiger partial charge in [-0.25, -0.2) is 4.79 Å². The van der Waals surface area contributed by atoms with E-state index in [1.807, 2.05) is 13.0 Å². The average Bonchev–Trinajstić information content (AvgIpc) is 3.11. The van der Waals surface area contributed by atoms with Gasteiger partial charge in [0.1, 0.15) is 0 Å². The van der Waals surface area contributed by atoms with Crippen molar-refractivity contribution in [3.8, 4) is 0 Å². The van der Waals surface area contributed by atoms with Crippen LogP contribution >= 0.6 is 0 Å². The minimum absolute atomic E-state index is 0.0111. The number of methoxy groups -OCH3 is 1. The first-order valence-electron chi connectivity index (χ1n) is 8.06. The van der Waals surface area contributed by atoms with Crippen molar-refractivity contribution in [3.63, 3.8) is 0 Å². The van der Waals surface area contributed by atoms with Gasteiger partial charge in [-0.3, -0.25) is 4.79 Å². The standard InChI is InChI=1S/C18H23NO3/c1-11-4-3-5-15(18(21)22-2)17(11)19-16(20)10-14-9-12-6-7-13(14)8-12/h3-5,12-14H,6-10H2,1-2H3,(H,19,20). The SMILES string of the molecule is COC(=O)c1cccc(C)c1NC(=O)CC1CC2CCC1C2. The van der Waals surface area contributed by atoms with E-state index < -0.39 is 5.97 Å². The lowest BCUT2D eigenvalue weighted by Gasteiger charge is -2.21. The molecule has 2 saturated carbocycles. The summed E-state index contributed by atoms with van der Waals surface area (Å²) in [6.45, 7) is 1.89. The smallest absolute Gasteiger partial charge is 0.339 e. The Labute approximate surface area is 131 Å². The Hall–Kier alpha value is -1.84. The summed E-state index contributed by atoms with van der Waals surface area (Å²) in [6, 6.07) is 5.37. The third-order valence-electron chi connectivity index (χ3n) is 5.27. The molecule has 118 valence electrons. The minimum Gasteiger partial charge on any atom is -0.465 e. The summed E-state index contributed by atoms with van der Waals surface area (Å²) in [4.78, 5) is 24.2. The number of hydrogen-bond donors (Lipinski definition) is 1. The van der Waals surface area contributed by atoms with Crippen molar-refractivity contribution >= 4 is 17.6 Å². The number of carbonyl (C=O) groups is 2. The van der Waals surface area contributed by atoms with Crippen LogP contribution in [-0.4, -0.2) is 19.0 Å². The van der Waals surface area contributed by atoms with Crippen molar-refractivity contribution in [3.05, 3.63) is 29.3 Å². The maximum atomic E-state index is 12.4. The highest BCUT2D eigenvalue weighted by molar-refractivity contribution is 6.02. The molecule has 0 radical (unpaired) electrons. The molecule has 4 heteroatoms. The summed E-state index contributed by atoms with van der Waals surface area (Å²) in [5, 5.41) is 2.94. The minimum atomic E-state index is -0.418. The molecule has 1 N–H and O–H groups in total. The van der Waals surface area contributed by atoms with Crippen LogP contribution in [0, 0.1) is 24.7 Å². The molecule has 3 rings (SSSR count). The molecule has 0 spiro atoms. The second kappa shape index (κ2) is 6.11. The molecule has 2 fully saturated rings. The van der Waals surface area contributed by atoms with E-state index in [4.69, 9.17) is 4.74 Å². The molecule has 3 unspecified atom stereocenters. The molecule has 1 aromatic carbocycles. The predicted octanol–water partition coefficient (Wildman–Crippen LogP) is 3.55. The van der Waals surface area contributed by atoms with Crippen LogP contribution in [0.25, 0.3) is 0 Å². The van der Waals surface area contributed by atoms with Crippen molar-refractivity contribution in [2.45, 2.75) is 39.0 Å². The van der Waals surface area contributed by atoms with Gasteiger partial charge in [0.25, 0.3) is 0 Å². The number of para-hydroxylation sites is 1. The first-order valence-corrected chi connectivity index (χ1v) is 8.06. The molecule has 0 aromatic heterocycles. The monoisotopic (exact) mass is 301 g/mol. The number of benzene rings is 1. The summed E-state index contributed by atoms with van der Waals surface area (Å²) in [7, 11) is 1.35. The topological polar surface area (TPSA) is 55.4 Å². The predicted molar refractivity (Wildman–Crippen MR) is 84.7 cm³/mol. The molecular weight excluding hydrogens is 278 g/mol. The molecular formula is C18H23NO3. The maximum absolute atomic E-state index is 12.4. The van der Waals surface area contributed by atoms with Crippen LogP contribution in [0.5, 0.6) is 0 Å². The highest BCUT2D eigenvalue weighted by atomic mass is 16.5. The van der Waals surface area contributed by atoms with E-state index in [0.29, 0.717) is 23.6 Å². The van der Waals surface area contributed by atoms with Crippen LogP contribution in [0.1, 0.15) is 48.0 Å². The molecule has 0 saturated heterocycles. The average molecular weight is 301 g/mol. The highest BCUT2D eigenvalue weighted by Crippen LogP contribution is 2.49. The van der Waals surface area contributed by atoms with Crippen LogP contribution in [0.3, 0.4) is 0 Å². The third kappa shape index (κ3) is 2.87. The number of esters is 1. The van der Waals surface area contributed by atoms with Crippen LogP contribution in [0.2, 0.25) is 0 Å². The van der Waals surface area contributed by atoms with E-state index in [1.165, 1.54) is 32.8 Å². The third-order valence-corrected chi connectivity index (χ3v) is 5.27.